The molecular formula is C17H19N5O. The van der Waals surface area contributed by atoms with Gasteiger partial charge >= 0.3 is 0 Å². The van der Waals surface area contributed by atoms with Crippen molar-refractivity contribution in [3.63, 3.8) is 0 Å². The first-order valence-corrected chi connectivity index (χ1v) is 7.95. The van der Waals surface area contributed by atoms with Crippen LogP contribution in [0.4, 0.5) is 0 Å². The SMILES string of the molecule is Cc1cnn([C@@H]2CCCN(C(=O)c3n[nH]c4ccccc34)C2)c1. The van der Waals surface area contributed by atoms with E-state index in [0.29, 0.717) is 12.2 Å². The Labute approximate surface area is 134 Å². The minimum absolute atomic E-state index is 0.00368. The highest BCUT2D eigenvalue weighted by atomic mass is 16.2. The number of nitrogens with one attached hydrogen (secondary N) is 1. The van der Waals surface area contributed by atoms with Crippen molar-refractivity contribution in [1.82, 2.24) is 24.9 Å². The number of rotatable bonds is 2. The number of fused-ring (bicyclic) bond motifs is 1. The number of likely N-dealkylation sites (tertiary alicyclic amines) is 1. The van der Waals surface area contributed by atoms with Crippen LogP contribution in [0.25, 0.3) is 10.9 Å². The monoisotopic (exact) mass is 309 g/mol. The van der Waals surface area contributed by atoms with Gasteiger partial charge in [0.25, 0.3) is 5.91 Å². The number of benzene rings is 1. The lowest BCUT2D eigenvalue weighted by molar-refractivity contribution is 0.0669. The molecule has 6 nitrogen and oxygen atoms in total. The summed E-state index contributed by atoms with van der Waals surface area (Å²) in [5, 5.41) is 12.5. The van der Waals surface area contributed by atoms with Crippen molar-refractivity contribution in [1.29, 1.82) is 0 Å². The molecule has 2 aromatic heterocycles. The Balaban J connectivity index is 1.58. The van der Waals surface area contributed by atoms with Gasteiger partial charge in [-0.25, -0.2) is 0 Å². The summed E-state index contributed by atoms with van der Waals surface area (Å²) >= 11 is 0. The van der Waals surface area contributed by atoms with Gasteiger partial charge in [-0.15, -0.1) is 0 Å². The van der Waals surface area contributed by atoms with Gasteiger partial charge < -0.3 is 4.90 Å². The van der Waals surface area contributed by atoms with Crippen molar-refractivity contribution in [2.24, 2.45) is 0 Å². The molecular weight excluding hydrogens is 290 g/mol. The Bertz CT molecular complexity index is 849. The summed E-state index contributed by atoms with van der Waals surface area (Å²) in [5.41, 5.74) is 2.55. The number of carbonyl (C=O) groups excluding carboxylic acids is 1. The number of aryl methyl sites for hydroxylation is 1. The predicted molar refractivity (Wildman–Crippen MR) is 87.2 cm³/mol. The maximum absolute atomic E-state index is 12.9. The van der Waals surface area contributed by atoms with Gasteiger partial charge in [-0.3, -0.25) is 14.6 Å². The summed E-state index contributed by atoms with van der Waals surface area (Å²) < 4.78 is 1.98. The number of carbonyl (C=O) groups is 1. The molecule has 1 amide bonds. The lowest BCUT2D eigenvalue weighted by Gasteiger charge is -2.32. The van der Waals surface area contributed by atoms with Crippen LogP contribution in [-0.2, 0) is 0 Å². The minimum atomic E-state index is -0.00368. The molecule has 0 spiro atoms. The summed E-state index contributed by atoms with van der Waals surface area (Å²) in [6, 6.07) is 7.98. The molecule has 3 heterocycles. The van der Waals surface area contributed by atoms with Crippen molar-refractivity contribution >= 4 is 16.8 Å². The third kappa shape index (κ3) is 2.50. The molecule has 1 N–H and O–H groups in total. The first kappa shape index (κ1) is 14.0. The number of para-hydroxylation sites is 1. The maximum atomic E-state index is 12.9. The van der Waals surface area contributed by atoms with Gasteiger partial charge in [0.05, 0.1) is 17.8 Å². The van der Waals surface area contributed by atoms with E-state index < -0.39 is 0 Å². The van der Waals surface area contributed by atoms with Crippen molar-refractivity contribution in [3.8, 4) is 0 Å². The van der Waals surface area contributed by atoms with Gasteiger partial charge in [0.1, 0.15) is 0 Å². The highest BCUT2D eigenvalue weighted by molar-refractivity contribution is 6.04. The van der Waals surface area contributed by atoms with Crippen LogP contribution in [-0.4, -0.2) is 43.9 Å². The Morgan fingerprint density at radius 3 is 3.04 bits per heavy atom. The average Bonchev–Trinajstić information content (AvgIpc) is 3.20. The lowest BCUT2D eigenvalue weighted by Crippen LogP contribution is -2.41. The fourth-order valence-electron chi connectivity index (χ4n) is 3.26. The standard InChI is InChI=1S/C17H19N5O/c1-12-9-18-22(10-12)13-5-4-8-21(11-13)17(23)16-14-6-2-3-7-15(14)19-20-16/h2-3,6-7,9-10,13H,4-5,8,11H2,1H3,(H,19,20)/t13-/m1/s1. The van der Waals surface area contributed by atoms with Gasteiger partial charge in [0, 0.05) is 24.7 Å². The van der Waals surface area contributed by atoms with Crippen LogP contribution in [0.2, 0.25) is 0 Å². The summed E-state index contributed by atoms with van der Waals surface area (Å²) in [5.74, 6) is -0.00368. The van der Waals surface area contributed by atoms with Crippen LogP contribution >= 0.6 is 0 Å². The van der Waals surface area contributed by atoms with Crippen LogP contribution in [0.5, 0.6) is 0 Å². The molecule has 3 aromatic rings. The third-order valence-electron chi connectivity index (χ3n) is 4.46. The van der Waals surface area contributed by atoms with Crippen molar-refractivity contribution in [3.05, 3.63) is 47.9 Å². The first-order valence-electron chi connectivity index (χ1n) is 7.95. The summed E-state index contributed by atoms with van der Waals surface area (Å²) in [4.78, 5) is 14.8. The fraction of sp³-hybridized carbons (Fsp3) is 0.353. The second-order valence-electron chi connectivity index (χ2n) is 6.16. The zero-order valence-electron chi connectivity index (χ0n) is 13.1. The molecule has 0 bridgehead atoms. The van der Waals surface area contributed by atoms with E-state index >= 15 is 0 Å². The van der Waals surface area contributed by atoms with E-state index in [9.17, 15) is 4.79 Å². The second kappa shape index (κ2) is 5.53. The molecule has 118 valence electrons. The second-order valence-corrected chi connectivity index (χ2v) is 6.16. The summed E-state index contributed by atoms with van der Waals surface area (Å²) in [7, 11) is 0. The van der Waals surface area contributed by atoms with Gasteiger partial charge in [-0.1, -0.05) is 18.2 Å². The van der Waals surface area contributed by atoms with Crippen molar-refractivity contribution in [2.75, 3.05) is 13.1 Å². The summed E-state index contributed by atoms with van der Waals surface area (Å²) in [6.07, 6.45) is 5.94. The molecule has 1 aliphatic heterocycles. The highest BCUT2D eigenvalue weighted by Crippen LogP contribution is 2.24. The van der Waals surface area contributed by atoms with E-state index in [-0.39, 0.29) is 11.9 Å². The largest absolute Gasteiger partial charge is 0.335 e. The number of hydrogen-bond donors (Lipinski definition) is 1. The number of H-pyrrole nitrogens is 1. The smallest absolute Gasteiger partial charge is 0.275 e. The highest BCUT2D eigenvalue weighted by Gasteiger charge is 2.28. The molecule has 1 atom stereocenters. The van der Waals surface area contributed by atoms with Gasteiger partial charge in [0.2, 0.25) is 0 Å². The zero-order valence-corrected chi connectivity index (χ0v) is 13.1. The quantitative estimate of drug-likeness (QED) is 0.791. The molecule has 1 aromatic carbocycles. The summed E-state index contributed by atoms with van der Waals surface area (Å²) in [6.45, 7) is 3.49. The first-order chi connectivity index (χ1) is 11.2. The number of nitrogens with zero attached hydrogens (tertiary/aromatic N) is 4. The molecule has 0 radical (unpaired) electrons. The third-order valence-corrected chi connectivity index (χ3v) is 4.46. The van der Waals surface area contributed by atoms with Crippen LogP contribution in [0.15, 0.2) is 36.7 Å². The molecule has 1 aliphatic rings. The molecule has 0 saturated carbocycles. The molecule has 1 saturated heterocycles. The van der Waals surface area contributed by atoms with E-state index in [1.807, 2.05) is 53.2 Å². The number of aromatic nitrogens is 4. The van der Waals surface area contributed by atoms with Crippen molar-refractivity contribution in [2.45, 2.75) is 25.8 Å². The topological polar surface area (TPSA) is 66.8 Å². The van der Waals surface area contributed by atoms with E-state index in [0.717, 1.165) is 35.9 Å². The lowest BCUT2D eigenvalue weighted by atomic mass is 10.0. The molecule has 0 unspecified atom stereocenters. The van der Waals surface area contributed by atoms with Crippen LogP contribution in [0.1, 0.15) is 34.9 Å². The fourth-order valence-corrected chi connectivity index (χ4v) is 3.26. The molecule has 23 heavy (non-hydrogen) atoms. The van der Waals surface area contributed by atoms with Crippen molar-refractivity contribution < 1.29 is 4.79 Å². The number of amides is 1. The van der Waals surface area contributed by atoms with E-state index in [1.165, 1.54) is 0 Å². The number of piperidine rings is 1. The number of aromatic amines is 1. The Morgan fingerprint density at radius 2 is 2.22 bits per heavy atom. The average molecular weight is 309 g/mol. The molecule has 6 heteroatoms. The van der Waals surface area contributed by atoms with Crippen LogP contribution in [0.3, 0.4) is 0 Å². The molecule has 0 aliphatic carbocycles. The zero-order chi connectivity index (χ0) is 15.8. The van der Waals surface area contributed by atoms with Gasteiger partial charge in [-0.2, -0.15) is 10.2 Å². The maximum Gasteiger partial charge on any atom is 0.275 e. The van der Waals surface area contributed by atoms with E-state index in [2.05, 4.69) is 15.3 Å². The normalized spacial score (nSPS) is 18.5. The number of hydrogen-bond acceptors (Lipinski definition) is 3. The van der Waals surface area contributed by atoms with Gasteiger partial charge in [-0.05, 0) is 31.4 Å². The van der Waals surface area contributed by atoms with Crippen LogP contribution in [0, 0.1) is 6.92 Å². The minimum Gasteiger partial charge on any atom is -0.335 e. The van der Waals surface area contributed by atoms with E-state index in [1.54, 1.807) is 0 Å². The predicted octanol–water partition coefficient (Wildman–Crippen LogP) is 2.55. The molecule has 1 fully saturated rings. The Hall–Kier alpha value is -2.63. The van der Waals surface area contributed by atoms with Gasteiger partial charge in [0.15, 0.2) is 5.69 Å². The Kier molecular flexibility index (Phi) is 3.37. The Morgan fingerprint density at radius 1 is 1.35 bits per heavy atom. The van der Waals surface area contributed by atoms with E-state index in [4.69, 9.17) is 0 Å². The van der Waals surface area contributed by atoms with Crippen LogP contribution < -0.4 is 0 Å². The molecule has 4 rings (SSSR count).